The number of nitro benzene ring substituents is 1. The van der Waals surface area contributed by atoms with Gasteiger partial charge in [0.15, 0.2) is 9.84 Å². The number of benzene rings is 2. The molecule has 0 bridgehead atoms. The zero-order valence-corrected chi connectivity index (χ0v) is 17.3. The fourth-order valence-electron chi connectivity index (χ4n) is 3.36. The molecule has 1 saturated heterocycles. The number of nitro groups is 1. The molecule has 0 N–H and O–H groups in total. The number of para-hydroxylation sites is 1. The van der Waals surface area contributed by atoms with E-state index in [1.165, 1.54) is 18.2 Å². The van der Waals surface area contributed by atoms with Crippen LogP contribution in [0.3, 0.4) is 0 Å². The third-order valence-corrected chi connectivity index (χ3v) is 6.33. The molecule has 154 valence electrons. The number of rotatable bonds is 5. The van der Waals surface area contributed by atoms with Crippen LogP contribution in [0.5, 0.6) is 0 Å². The summed E-state index contributed by atoms with van der Waals surface area (Å²) < 4.78 is 23.9. The van der Waals surface area contributed by atoms with Gasteiger partial charge in [0.2, 0.25) is 5.91 Å². The van der Waals surface area contributed by atoms with Gasteiger partial charge in [-0.3, -0.25) is 14.9 Å². The highest BCUT2D eigenvalue weighted by atomic mass is 35.5. The van der Waals surface area contributed by atoms with Gasteiger partial charge in [-0.05, 0) is 23.8 Å². The van der Waals surface area contributed by atoms with Crippen LogP contribution in [0.25, 0.3) is 0 Å². The first-order valence-corrected chi connectivity index (χ1v) is 11.2. The Kier molecular flexibility index (Phi) is 6.09. The van der Waals surface area contributed by atoms with Crippen LogP contribution >= 0.6 is 11.6 Å². The molecule has 1 fully saturated rings. The summed E-state index contributed by atoms with van der Waals surface area (Å²) in [6, 6.07) is 11.4. The lowest BCUT2D eigenvalue weighted by Gasteiger charge is -2.36. The highest BCUT2D eigenvalue weighted by Gasteiger charge is 2.31. The van der Waals surface area contributed by atoms with Gasteiger partial charge in [0.1, 0.15) is 10.6 Å². The predicted octanol–water partition coefficient (Wildman–Crippen LogP) is 2.54. The summed E-state index contributed by atoms with van der Waals surface area (Å²) in [6.45, 7) is 1.48. The van der Waals surface area contributed by atoms with Crippen molar-refractivity contribution in [1.29, 1.82) is 0 Å². The molecule has 8 nitrogen and oxygen atoms in total. The standard InChI is InChI=1S/C19H20ClN3O5S/c1-29(27,28)17-8-4-7-16(19(17)23(25)26)21-9-11-22(12-10-21)18(24)13-14-5-2-3-6-15(14)20/h2-8H,9-13H2,1H3. The first kappa shape index (κ1) is 21.1. The fourth-order valence-corrected chi connectivity index (χ4v) is 4.42. The van der Waals surface area contributed by atoms with Crippen molar-refractivity contribution in [2.24, 2.45) is 0 Å². The van der Waals surface area contributed by atoms with Crippen molar-refractivity contribution >= 4 is 38.7 Å². The van der Waals surface area contributed by atoms with E-state index >= 15 is 0 Å². The monoisotopic (exact) mass is 437 g/mol. The number of hydrogen-bond acceptors (Lipinski definition) is 6. The van der Waals surface area contributed by atoms with Gasteiger partial charge in [-0.2, -0.15) is 0 Å². The highest BCUT2D eigenvalue weighted by Crippen LogP contribution is 2.35. The first-order chi connectivity index (χ1) is 13.7. The lowest BCUT2D eigenvalue weighted by atomic mass is 10.1. The van der Waals surface area contributed by atoms with Gasteiger partial charge in [-0.1, -0.05) is 35.9 Å². The quantitative estimate of drug-likeness (QED) is 0.526. The van der Waals surface area contributed by atoms with E-state index in [2.05, 4.69) is 0 Å². The van der Waals surface area contributed by atoms with Gasteiger partial charge in [-0.15, -0.1) is 0 Å². The number of carbonyl (C=O) groups excluding carboxylic acids is 1. The van der Waals surface area contributed by atoms with Gasteiger partial charge in [-0.25, -0.2) is 8.42 Å². The number of carbonyl (C=O) groups is 1. The number of amides is 1. The van der Waals surface area contributed by atoms with Gasteiger partial charge >= 0.3 is 5.69 Å². The second-order valence-electron chi connectivity index (χ2n) is 6.79. The number of hydrogen-bond donors (Lipinski definition) is 0. The number of nitrogens with zero attached hydrogens (tertiary/aromatic N) is 3. The Morgan fingerprint density at radius 3 is 2.34 bits per heavy atom. The van der Waals surface area contributed by atoms with Crippen LogP contribution in [0.15, 0.2) is 47.4 Å². The molecule has 10 heteroatoms. The molecule has 0 aliphatic carbocycles. The summed E-state index contributed by atoms with van der Waals surface area (Å²) in [5.74, 6) is -0.0721. The Balaban J connectivity index is 1.75. The Bertz CT molecular complexity index is 1050. The van der Waals surface area contributed by atoms with E-state index in [1.54, 1.807) is 28.0 Å². The van der Waals surface area contributed by atoms with Crippen LogP contribution < -0.4 is 4.90 Å². The first-order valence-electron chi connectivity index (χ1n) is 8.92. The summed E-state index contributed by atoms with van der Waals surface area (Å²) in [7, 11) is -3.75. The molecule has 0 spiro atoms. The van der Waals surface area contributed by atoms with Crippen LogP contribution in [0.1, 0.15) is 5.56 Å². The molecule has 1 heterocycles. The Labute approximate surface area is 173 Å². The SMILES string of the molecule is CS(=O)(=O)c1cccc(N2CCN(C(=O)Cc3ccccc3Cl)CC2)c1[N+](=O)[O-]. The smallest absolute Gasteiger partial charge is 0.311 e. The second-order valence-corrected chi connectivity index (χ2v) is 9.18. The lowest BCUT2D eigenvalue weighted by Crippen LogP contribution is -2.49. The molecule has 1 aliphatic rings. The summed E-state index contributed by atoms with van der Waals surface area (Å²) in [6.07, 6.45) is 1.13. The van der Waals surface area contributed by atoms with Gasteiger partial charge in [0.25, 0.3) is 0 Å². The minimum Gasteiger partial charge on any atom is -0.362 e. The number of anilines is 1. The molecule has 29 heavy (non-hydrogen) atoms. The zero-order valence-electron chi connectivity index (χ0n) is 15.7. The fraction of sp³-hybridized carbons (Fsp3) is 0.316. The molecule has 1 aliphatic heterocycles. The third kappa shape index (κ3) is 4.68. The maximum atomic E-state index is 12.6. The molecule has 0 unspecified atom stereocenters. The Morgan fingerprint density at radius 1 is 1.10 bits per heavy atom. The van der Waals surface area contributed by atoms with Crippen molar-refractivity contribution in [1.82, 2.24) is 4.90 Å². The summed E-state index contributed by atoms with van der Waals surface area (Å²) >= 11 is 6.12. The molecule has 3 rings (SSSR count). The van der Waals surface area contributed by atoms with E-state index in [9.17, 15) is 23.3 Å². The molecule has 1 amide bonds. The summed E-state index contributed by atoms with van der Waals surface area (Å²) in [5.41, 5.74) is 0.569. The minimum atomic E-state index is -3.75. The van der Waals surface area contributed by atoms with Crippen molar-refractivity contribution in [3.05, 3.63) is 63.2 Å². The summed E-state index contributed by atoms with van der Waals surface area (Å²) in [4.78, 5) is 26.6. The largest absolute Gasteiger partial charge is 0.362 e. The highest BCUT2D eigenvalue weighted by molar-refractivity contribution is 7.90. The molecule has 0 atom stereocenters. The Morgan fingerprint density at radius 2 is 1.76 bits per heavy atom. The van der Waals surface area contributed by atoms with Crippen molar-refractivity contribution in [3.8, 4) is 0 Å². The number of piperazine rings is 1. The number of halogens is 1. The van der Waals surface area contributed by atoms with Gasteiger partial charge in [0, 0.05) is 37.5 Å². The molecule has 2 aromatic rings. The van der Waals surface area contributed by atoms with Crippen LogP contribution in [0, 0.1) is 10.1 Å². The second kappa shape index (κ2) is 8.38. The van der Waals surface area contributed by atoms with E-state index in [0.717, 1.165) is 11.8 Å². The van der Waals surface area contributed by atoms with Crippen molar-refractivity contribution in [2.75, 3.05) is 37.3 Å². The number of sulfone groups is 1. The van der Waals surface area contributed by atoms with Gasteiger partial charge < -0.3 is 9.80 Å². The zero-order chi connectivity index (χ0) is 21.2. The maximum absolute atomic E-state index is 12.6. The predicted molar refractivity (Wildman–Crippen MR) is 110 cm³/mol. The molecule has 0 aromatic heterocycles. The van der Waals surface area contributed by atoms with Crippen LogP contribution in [-0.4, -0.2) is 56.6 Å². The van der Waals surface area contributed by atoms with Crippen LogP contribution in [0.2, 0.25) is 5.02 Å². The van der Waals surface area contributed by atoms with E-state index in [4.69, 9.17) is 11.6 Å². The van der Waals surface area contributed by atoms with E-state index < -0.39 is 20.4 Å². The van der Waals surface area contributed by atoms with Crippen LogP contribution in [0.4, 0.5) is 11.4 Å². The average molecular weight is 438 g/mol. The molecular weight excluding hydrogens is 418 g/mol. The van der Waals surface area contributed by atoms with E-state index in [-0.39, 0.29) is 22.9 Å². The van der Waals surface area contributed by atoms with Crippen molar-refractivity contribution in [3.63, 3.8) is 0 Å². The minimum absolute atomic E-state index is 0.0721. The average Bonchev–Trinajstić information content (AvgIpc) is 2.68. The van der Waals surface area contributed by atoms with Crippen molar-refractivity contribution < 1.29 is 18.1 Å². The van der Waals surface area contributed by atoms with Crippen molar-refractivity contribution in [2.45, 2.75) is 11.3 Å². The van der Waals surface area contributed by atoms with E-state index in [1.807, 2.05) is 6.07 Å². The van der Waals surface area contributed by atoms with E-state index in [0.29, 0.717) is 31.2 Å². The normalized spacial score (nSPS) is 14.7. The molecule has 0 radical (unpaired) electrons. The summed E-state index contributed by atoms with van der Waals surface area (Å²) in [5, 5.41) is 12.1. The molecular formula is C19H20ClN3O5S. The third-order valence-electron chi connectivity index (χ3n) is 4.83. The molecule has 2 aromatic carbocycles. The maximum Gasteiger partial charge on any atom is 0.311 e. The Hall–Kier alpha value is -2.65. The van der Waals surface area contributed by atoms with Gasteiger partial charge in [0.05, 0.1) is 11.3 Å². The van der Waals surface area contributed by atoms with Crippen LogP contribution in [-0.2, 0) is 21.1 Å². The molecule has 0 saturated carbocycles. The topological polar surface area (TPSA) is 101 Å². The lowest BCUT2D eigenvalue weighted by molar-refractivity contribution is -0.387.